The number of hydrogen-bond acceptors (Lipinski definition) is 12. The Morgan fingerprint density at radius 2 is 0.711 bits per heavy atom. The zero-order valence-electron chi connectivity index (χ0n) is 21.1. The third kappa shape index (κ3) is 13.6. The maximum Gasteiger partial charge on any atom is 0.330 e. The Bertz CT molecular complexity index is 811. The van der Waals surface area contributed by atoms with E-state index in [9.17, 15) is 24.0 Å². The van der Waals surface area contributed by atoms with Crippen molar-refractivity contribution in [2.24, 2.45) is 10.8 Å². The van der Waals surface area contributed by atoms with E-state index in [2.05, 4.69) is 32.9 Å². The van der Waals surface area contributed by atoms with Crippen LogP contribution in [0, 0.1) is 10.8 Å². The third-order valence-electron chi connectivity index (χ3n) is 4.64. The fourth-order valence-electron chi connectivity index (χ4n) is 2.58. The highest BCUT2D eigenvalue weighted by atomic mass is 31.0. The minimum atomic E-state index is -1.40. The predicted molar refractivity (Wildman–Crippen MR) is 137 cm³/mol. The second kappa shape index (κ2) is 18.6. The molecule has 13 heteroatoms. The number of hydrogen-bond donors (Lipinski definition) is 0. The molecule has 0 aromatic heterocycles. The van der Waals surface area contributed by atoms with Gasteiger partial charge in [-0.25, -0.2) is 24.0 Å². The van der Waals surface area contributed by atoms with Gasteiger partial charge in [0, 0.05) is 39.8 Å². The SMILES string of the molecule is C=CC(=O)OCC(COP)(COCC(COC(=O)C=C)(COC(=O)C=C)COC(=O)C=C)COC(=O)C=C. The van der Waals surface area contributed by atoms with Gasteiger partial charge in [0.25, 0.3) is 0 Å². The molecule has 0 rings (SSSR count). The monoisotopic (exact) mass is 556 g/mol. The molecule has 0 aliphatic heterocycles. The smallest absolute Gasteiger partial charge is 0.330 e. The van der Waals surface area contributed by atoms with E-state index >= 15 is 0 Å². The highest BCUT2D eigenvalue weighted by molar-refractivity contribution is 7.09. The Balaban J connectivity index is 6.04. The molecule has 0 spiro atoms. The number of esters is 5. The van der Waals surface area contributed by atoms with Crippen LogP contribution in [0.4, 0.5) is 0 Å². The van der Waals surface area contributed by atoms with Crippen LogP contribution in [0.15, 0.2) is 63.3 Å². The number of carbonyl (C=O) groups excluding carboxylic acids is 5. The van der Waals surface area contributed by atoms with Gasteiger partial charge >= 0.3 is 29.8 Å². The van der Waals surface area contributed by atoms with Crippen LogP contribution in [0.1, 0.15) is 0 Å². The molecule has 0 bridgehead atoms. The van der Waals surface area contributed by atoms with Gasteiger partial charge in [-0.15, -0.1) is 0 Å². The van der Waals surface area contributed by atoms with Gasteiger partial charge in [-0.1, -0.05) is 32.9 Å². The first-order chi connectivity index (χ1) is 18.0. The molecule has 0 aromatic carbocycles. The first-order valence-corrected chi connectivity index (χ1v) is 11.4. The van der Waals surface area contributed by atoms with Crippen LogP contribution in [-0.2, 0) is 56.9 Å². The summed E-state index contributed by atoms with van der Waals surface area (Å²) in [6, 6.07) is 0. The maximum atomic E-state index is 11.8. The van der Waals surface area contributed by atoms with Crippen molar-refractivity contribution < 1.29 is 56.9 Å². The topological polar surface area (TPSA) is 150 Å². The van der Waals surface area contributed by atoms with Gasteiger partial charge in [-0.2, -0.15) is 0 Å². The van der Waals surface area contributed by atoms with Gasteiger partial charge in [0.1, 0.15) is 33.0 Å². The lowest BCUT2D eigenvalue weighted by Gasteiger charge is -2.35. The molecule has 12 nitrogen and oxygen atoms in total. The normalized spacial score (nSPS) is 10.8. The highest BCUT2D eigenvalue weighted by Crippen LogP contribution is 2.26. The Labute approximate surface area is 223 Å². The zero-order valence-corrected chi connectivity index (χ0v) is 22.2. The molecule has 38 heavy (non-hydrogen) atoms. The minimum Gasteiger partial charge on any atom is -0.462 e. The standard InChI is InChI=1S/C25H33O12P/c1-6-19(26)32-13-24(14-33-20(27)7-2,15-34-21(28)8-3)11-31-12-25(18-37-38,16-35-22(29)9-4)17-36-23(30)10-5/h6-10H,1-5,11-18,38H2. The Kier molecular flexibility index (Phi) is 16.9. The lowest BCUT2D eigenvalue weighted by Crippen LogP contribution is -2.46. The summed E-state index contributed by atoms with van der Waals surface area (Å²) >= 11 is 0. The second-order valence-electron chi connectivity index (χ2n) is 7.86. The van der Waals surface area contributed by atoms with E-state index in [-0.39, 0.29) is 33.0 Å². The molecule has 210 valence electrons. The van der Waals surface area contributed by atoms with Crippen molar-refractivity contribution in [3.05, 3.63) is 63.3 Å². The zero-order chi connectivity index (χ0) is 29.0. The average Bonchev–Trinajstić information content (AvgIpc) is 2.94. The largest absolute Gasteiger partial charge is 0.462 e. The molecule has 0 N–H and O–H groups in total. The van der Waals surface area contributed by atoms with Gasteiger partial charge in [0.05, 0.1) is 30.7 Å². The fourth-order valence-corrected chi connectivity index (χ4v) is 2.93. The molecular weight excluding hydrogens is 523 g/mol. The Hall–Kier alpha value is -3.60. The van der Waals surface area contributed by atoms with Crippen LogP contribution in [0.2, 0.25) is 0 Å². The first kappa shape index (κ1) is 34.4. The molecule has 1 atom stereocenters. The van der Waals surface area contributed by atoms with Crippen LogP contribution >= 0.6 is 9.47 Å². The minimum absolute atomic E-state index is 0.123. The third-order valence-corrected chi connectivity index (χ3v) is 4.81. The lowest BCUT2D eigenvalue weighted by molar-refractivity contribution is -0.166. The molecule has 0 aliphatic carbocycles. The number of ether oxygens (including phenoxy) is 6. The summed E-state index contributed by atoms with van der Waals surface area (Å²) in [6.45, 7) is 14.0. The first-order valence-electron chi connectivity index (χ1n) is 10.9. The van der Waals surface area contributed by atoms with Crippen molar-refractivity contribution in [1.82, 2.24) is 0 Å². The summed E-state index contributed by atoms with van der Waals surface area (Å²) < 4.78 is 36.8. The van der Waals surface area contributed by atoms with Gasteiger partial charge in [-0.3, -0.25) is 0 Å². The van der Waals surface area contributed by atoms with E-state index in [4.69, 9.17) is 32.9 Å². The van der Waals surface area contributed by atoms with Gasteiger partial charge < -0.3 is 32.9 Å². The van der Waals surface area contributed by atoms with E-state index in [1.165, 1.54) is 0 Å². The van der Waals surface area contributed by atoms with Crippen LogP contribution < -0.4 is 0 Å². The Morgan fingerprint density at radius 1 is 0.474 bits per heavy atom. The number of rotatable bonds is 21. The maximum absolute atomic E-state index is 11.8. The average molecular weight is 557 g/mol. The summed E-state index contributed by atoms with van der Waals surface area (Å²) in [5.74, 6) is -3.87. The van der Waals surface area contributed by atoms with Crippen molar-refractivity contribution in [1.29, 1.82) is 0 Å². The molecule has 0 saturated carbocycles. The van der Waals surface area contributed by atoms with Crippen molar-refractivity contribution in [2.45, 2.75) is 0 Å². The van der Waals surface area contributed by atoms with Gasteiger partial charge in [0.15, 0.2) is 0 Å². The summed E-state index contributed by atoms with van der Waals surface area (Å²) in [5, 5.41) is 0. The molecule has 0 aromatic rings. The summed E-state index contributed by atoms with van der Waals surface area (Å²) in [7, 11) is 2.02. The molecule has 0 aliphatic rings. The second-order valence-corrected chi connectivity index (χ2v) is 8.20. The predicted octanol–water partition coefficient (Wildman–Crippen LogP) is 1.43. The van der Waals surface area contributed by atoms with Crippen LogP contribution in [-0.4, -0.2) is 82.7 Å². The van der Waals surface area contributed by atoms with Crippen molar-refractivity contribution >= 4 is 39.3 Å². The van der Waals surface area contributed by atoms with E-state index < -0.39 is 60.5 Å². The van der Waals surface area contributed by atoms with Gasteiger partial charge in [-0.05, 0) is 0 Å². The molecule has 0 saturated heterocycles. The quantitative estimate of drug-likeness (QED) is 0.0871. The van der Waals surface area contributed by atoms with E-state index in [0.29, 0.717) is 0 Å². The highest BCUT2D eigenvalue weighted by Gasteiger charge is 2.39. The van der Waals surface area contributed by atoms with Crippen LogP contribution in [0.5, 0.6) is 0 Å². The molecule has 0 heterocycles. The van der Waals surface area contributed by atoms with Gasteiger partial charge in [0.2, 0.25) is 0 Å². The number of carbonyl (C=O) groups is 5. The van der Waals surface area contributed by atoms with E-state index in [1.807, 2.05) is 9.47 Å². The van der Waals surface area contributed by atoms with E-state index in [0.717, 1.165) is 30.4 Å². The molecule has 1 unspecified atom stereocenters. The summed E-state index contributed by atoms with van der Waals surface area (Å²) in [5.41, 5.74) is -2.63. The van der Waals surface area contributed by atoms with Crippen LogP contribution in [0.3, 0.4) is 0 Å². The molecule has 0 fully saturated rings. The lowest BCUT2D eigenvalue weighted by atomic mass is 9.90. The van der Waals surface area contributed by atoms with Crippen molar-refractivity contribution in [3.8, 4) is 0 Å². The summed E-state index contributed by atoms with van der Waals surface area (Å²) in [6.07, 6.45) is 4.65. The van der Waals surface area contributed by atoms with Crippen LogP contribution in [0.25, 0.3) is 0 Å². The van der Waals surface area contributed by atoms with Crippen molar-refractivity contribution in [2.75, 3.05) is 52.9 Å². The fraction of sp³-hybridized carbons (Fsp3) is 0.400. The van der Waals surface area contributed by atoms with E-state index in [1.54, 1.807) is 0 Å². The van der Waals surface area contributed by atoms with Crippen molar-refractivity contribution in [3.63, 3.8) is 0 Å². The molecule has 0 amide bonds. The molecular formula is C25H33O12P. The molecule has 0 radical (unpaired) electrons. The summed E-state index contributed by atoms with van der Waals surface area (Å²) in [4.78, 5) is 58.7. The Morgan fingerprint density at radius 3 is 0.921 bits per heavy atom.